The predicted octanol–water partition coefficient (Wildman–Crippen LogP) is 2.06. The lowest BCUT2D eigenvalue weighted by Gasteiger charge is -2.06. The SMILES string of the molecule is Cn1cnnc1CNc1cc(Br)cc(C#N)c1. The van der Waals surface area contributed by atoms with Crippen molar-refractivity contribution in [2.24, 2.45) is 7.05 Å². The highest BCUT2D eigenvalue weighted by atomic mass is 79.9. The average Bonchev–Trinajstić information content (AvgIpc) is 2.71. The molecular weight excluding hydrogens is 282 g/mol. The first kappa shape index (κ1) is 11.6. The van der Waals surface area contributed by atoms with Crippen LogP contribution in [0.5, 0.6) is 0 Å². The van der Waals surface area contributed by atoms with Crippen molar-refractivity contribution in [2.45, 2.75) is 6.54 Å². The third-order valence-electron chi connectivity index (χ3n) is 2.28. The van der Waals surface area contributed by atoms with Gasteiger partial charge in [-0.25, -0.2) is 0 Å². The van der Waals surface area contributed by atoms with Crippen molar-refractivity contribution in [1.29, 1.82) is 5.26 Å². The van der Waals surface area contributed by atoms with E-state index in [1.54, 1.807) is 18.5 Å². The third-order valence-corrected chi connectivity index (χ3v) is 2.74. The Morgan fingerprint density at radius 2 is 2.29 bits per heavy atom. The van der Waals surface area contributed by atoms with Gasteiger partial charge in [0.25, 0.3) is 0 Å². The topological polar surface area (TPSA) is 66.5 Å². The van der Waals surface area contributed by atoms with Crippen LogP contribution in [0.4, 0.5) is 5.69 Å². The van der Waals surface area contributed by atoms with Crippen molar-refractivity contribution in [2.75, 3.05) is 5.32 Å². The zero-order chi connectivity index (χ0) is 12.3. The second kappa shape index (κ2) is 4.97. The summed E-state index contributed by atoms with van der Waals surface area (Å²) in [7, 11) is 1.89. The Hall–Kier alpha value is -1.87. The van der Waals surface area contributed by atoms with Gasteiger partial charge in [-0.2, -0.15) is 5.26 Å². The lowest BCUT2D eigenvalue weighted by Crippen LogP contribution is -2.05. The van der Waals surface area contributed by atoms with Crippen LogP contribution in [0.3, 0.4) is 0 Å². The van der Waals surface area contributed by atoms with Crippen molar-refractivity contribution < 1.29 is 0 Å². The summed E-state index contributed by atoms with van der Waals surface area (Å²) in [6.07, 6.45) is 1.65. The number of hydrogen-bond donors (Lipinski definition) is 1. The Morgan fingerprint density at radius 3 is 2.94 bits per heavy atom. The van der Waals surface area contributed by atoms with E-state index in [2.05, 4.69) is 37.5 Å². The van der Waals surface area contributed by atoms with E-state index in [0.717, 1.165) is 16.0 Å². The Labute approximate surface area is 107 Å². The number of benzene rings is 1. The number of nitriles is 1. The summed E-state index contributed by atoms with van der Waals surface area (Å²) in [5.74, 6) is 0.837. The van der Waals surface area contributed by atoms with Crippen molar-refractivity contribution in [3.8, 4) is 6.07 Å². The summed E-state index contributed by atoms with van der Waals surface area (Å²) >= 11 is 3.36. The van der Waals surface area contributed by atoms with E-state index < -0.39 is 0 Å². The number of nitrogens with zero attached hydrogens (tertiary/aromatic N) is 4. The molecule has 0 atom stereocenters. The maximum Gasteiger partial charge on any atom is 0.151 e. The second-order valence-electron chi connectivity index (χ2n) is 3.55. The van der Waals surface area contributed by atoms with Crippen molar-refractivity contribution in [1.82, 2.24) is 14.8 Å². The molecule has 0 saturated heterocycles. The summed E-state index contributed by atoms with van der Waals surface area (Å²) in [6, 6.07) is 7.59. The van der Waals surface area contributed by atoms with Gasteiger partial charge in [-0.3, -0.25) is 0 Å². The molecule has 1 aromatic heterocycles. The molecule has 1 N–H and O–H groups in total. The van der Waals surface area contributed by atoms with Crippen molar-refractivity contribution >= 4 is 21.6 Å². The van der Waals surface area contributed by atoms with Crippen molar-refractivity contribution in [3.05, 3.63) is 40.4 Å². The first-order chi connectivity index (χ1) is 8.19. The molecule has 0 spiro atoms. The van der Waals surface area contributed by atoms with E-state index in [9.17, 15) is 0 Å². The normalized spacial score (nSPS) is 9.94. The summed E-state index contributed by atoms with van der Waals surface area (Å²) in [6.45, 7) is 0.567. The van der Waals surface area contributed by atoms with E-state index >= 15 is 0 Å². The molecule has 0 radical (unpaired) electrons. The molecule has 1 aromatic carbocycles. The molecule has 6 heteroatoms. The van der Waals surface area contributed by atoms with Gasteiger partial charge in [0.15, 0.2) is 5.82 Å². The summed E-state index contributed by atoms with van der Waals surface area (Å²) in [4.78, 5) is 0. The Balaban J connectivity index is 2.12. The number of aromatic nitrogens is 3. The molecule has 0 unspecified atom stereocenters. The maximum atomic E-state index is 8.86. The molecule has 0 saturated carbocycles. The maximum absolute atomic E-state index is 8.86. The fourth-order valence-electron chi connectivity index (χ4n) is 1.40. The fourth-order valence-corrected chi connectivity index (χ4v) is 1.90. The van der Waals surface area contributed by atoms with Crippen LogP contribution in [0.25, 0.3) is 0 Å². The number of nitrogens with one attached hydrogen (secondary N) is 1. The van der Waals surface area contributed by atoms with Gasteiger partial charge >= 0.3 is 0 Å². The summed E-state index contributed by atoms with van der Waals surface area (Å²) in [5, 5.41) is 19.8. The number of hydrogen-bond acceptors (Lipinski definition) is 4. The van der Waals surface area contributed by atoms with E-state index in [1.807, 2.05) is 17.7 Å². The average molecular weight is 292 g/mol. The molecule has 0 aliphatic rings. The van der Waals surface area contributed by atoms with Crippen LogP contribution in [0.2, 0.25) is 0 Å². The largest absolute Gasteiger partial charge is 0.378 e. The first-order valence-electron chi connectivity index (χ1n) is 4.96. The summed E-state index contributed by atoms with van der Waals surface area (Å²) < 4.78 is 2.72. The lowest BCUT2D eigenvalue weighted by atomic mass is 10.2. The minimum absolute atomic E-state index is 0.567. The quantitative estimate of drug-likeness (QED) is 0.940. The molecule has 2 aromatic rings. The molecule has 0 bridgehead atoms. The lowest BCUT2D eigenvalue weighted by molar-refractivity contribution is 0.812. The molecule has 0 aliphatic heterocycles. The van der Waals surface area contributed by atoms with Gasteiger partial charge in [-0.15, -0.1) is 10.2 Å². The van der Waals surface area contributed by atoms with Crippen LogP contribution in [-0.4, -0.2) is 14.8 Å². The van der Waals surface area contributed by atoms with Gasteiger partial charge in [-0.05, 0) is 18.2 Å². The zero-order valence-electron chi connectivity index (χ0n) is 9.18. The first-order valence-corrected chi connectivity index (χ1v) is 5.76. The molecule has 17 heavy (non-hydrogen) atoms. The van der Waals surface area contributed by atoms with Crippen LogP contribution < -0.4 is 5.32 Å². The smallest absolute Gasteiger partial charge is 0.151 e. The molecule has 5 nitrogen and oxygen atoms in total. The Kier molecular flexibility index (Phi) is 3.40. The molecule has 0 amide bonds. The van der Waals surface area contributed by atoms with Gasteiger partial charge in [0.1, 0.15) is 6.33 Å². The minimum Gasteiger partial charge on any atom is -0.378 e. The van der Waals surface area contributed by atoms with Gasteiger partial charge in [-0.1, -0.05) is 15.9 Å². The van der Waals surface area contributed by atoms with Gasteiger partial charge in [0.05, 0.1) is 18.2 Å². The van der Waals surface area contributed by atoms with Crippen LogP contribution in [0.1, 0.15) is 11.4 Å². The molecule has 1 heterocycles. The van der Waals surface area contributed by atoms with Crippen LogP contribution in [0.15, 0.2) is 29.0 Å². The van der Waals surface area contributed by atoms with Crippen LogP contribution in [-0.2, 0) is 13.6 Å². The van der Waals surface area contributed by atoms with Gasteiger partial charge in [0, 0.05) is 17.2 Å². The third kappa shape index (κ3) is 2.82. The fraction of sp³-hybridized carbons (Fsp3) is 0.182. The van der Waals surface area contributed by atoms with E-state index in [1.165, 1.54) is 0 Å². The molecule has 0 aliphatic carbocycles. The number of aryl methyl sites for hydroxylation is 1. The van der Waals surface area contributed by atoms with Crippen LogP contribution >= 0.6 is 15.9 Å². The highest BCUT2D eigenvalue weighted by Gasteiger charge is 2.02. The molecule has 2 rings (SSSR count). The van der Waals surface area contributed by atoms with Gasteiger partial charge in [0.2, 0.25) is 0 Å². The highest BCUT2D eigenvalue weighted by molar-refractivity contribution is 9.10. The standard InChI is InChI=1S/C11H10BrN5/c1-17-7-15-16-11(17)6-14-10-3-8(5-13)2-9(12)4-10/h2-4,7,14H,6H2,1H3. The Morgan fingerprint density at radius 1 is 1.47 bits per heavy atom. The van der Waals surface area contributed by atoms with E-state index in [4.69, 9.17) is 5.26 Å². The van der Waals surface area contributed by atoms with Gasteiger partial charge < -0.3 is 9.88 Å². The van der Waals surface area contributed by atoms with Crippen LogP contribution in [0, 0.1) is 11.3 Å². The Bertz CT molecular complexity index is 569. The minimum atomic E-state index is 0.567. The van der Waals surface area contributed by atoms with E-state index in [-0.39, 0.29) is 0 Å². The second-order valence-corrected chi connectivity index (χ2v) is 4.47. The molecule has 0 fully saturated rings. The highest BCUT2D eigenvalue weighted by Crippen LogP contribution is 2.19. The zero-order valence-corrected chi connectivity index (χ0v) is 10.8. The number of rotatable bonds is 3. The summed E-state index contributed by atoms with van der Waals surface area (Å²) in [5.41, 5.74) is 1.48. The molecule has 86 valence electrons. The predicted molar refractivity (Wildman–Crippen MR) is 67.2 cm³/mol. The number of halogens is 1. The molecular formula is C11H10BrN5. The number of anilines is 1. The van der Waals surface area contributed by atoms with Crippen molar-refractivity contribution in [3.63, 3.8) is 0 Å². The van der Waals surface area contributed by atoms with E-state index in [0.29, 0.717) is 12.1 Å². The monoisotopic (exact) mass is 291 g/mol.